The average Bonchev–Trinajstić information content (AvgIpc) is 2.73. The lowest BCUT2D eigenvalue weighted by Gasteiger charge is -2.36. The molecule has 6 nitrogen and oxygen atoms in total. The number of rotatable bonds is 7. The molecule has 2 heterocycles. The van der Waals surface area contributed by atoms with Gasteiger partial charge in [-0.05, 0) is 42.2 Å². The number of hydrogen-bond acceptors (Lipinski definition) is 5. The number of halogens is 1. The van der Waals surface area contributed by atoms with Crippen LogP contribution in [0.2, 0.25) is 0 Å². The lowest BCUT2D eigenvalue weighted by Crippen LogP contribution is -2.48. The van der Waals surface area contributed by atoms with E-state index in [1.54, 1.807) is 19.4 Å². The minimum Gasteiger partial charge on any atom is -0.493 e. The zero-order chi connectivity index (χ0) is 19.9. The van der Waals surface area contributed by atoms with Crippen molar-refractivity contribution in [3.05, 3.63) is 53.9 Å². The van der Waals surface area contributed by atoms with Crippen LogP contribution in [0.25, 0.3) is 0 Å². The second-order valence-electron chi connectivity index (χ2n) is 7.40. The Bertz CT molecular complexity index is 786. The number of amides is 1. The van der Waals surface area contributed by atoms with Gasteiger partial charge in [0.05, 0.1) is 19.8 Å². The number of hydrogen-bond donors (Lipinski definition) is 1. The fraction of sp³-hybridized carbons (Fsp3) is 0.455. The van der Waals surface area contributed by atoms with Crippen LogP contribution in [0.5, 0.6) is 11.5 Å². The first-order chi connectivity index (χ1) is 13.6. The molecule has 7 heteroatoms. The summed E-state index contributed by atoms with van der Waals surface area (Å²) in [6.45, 7) is 7.08. The highest BCUT2D eigenvalue weighted by Crippen LogP contribution is 2.30. The second kappa shape index (κ2) is 11.0. The number of nitrogens with zero attached hydrogens (tertiary/aromatic N) is 2. The van der Waals surface area contributed by atoms with Gasteiger partial charge in [-0.3, -0.25) is 9.78 Å². The Hall–Kier alpha value is -2.31. The third kappa shape index (κ3) is 5.84. The monoisotopic (exact) mass is 419 g/mol. The Morgan fingerprint density at radius 3 is 2.83 bits per heavy atom. The molecule has 0 aliphatic carbocycles. The fourth-order valence-corrected chi connectivity index (χ4v) is 3.31. The number of carbonyl (C=O) groups is 1. The molecule has 1 saturated heterocycles. The molecule has 0 bridgehead atoms. The maximum atomic E-state index is 13.2. The molecule has 1 unspecified atom stereocenters. The molecule has 29 heavy (non-hydrogen) atoms. The first kappa shape index (κ1) is 23.0. The molecular formula is C22H30ClN3O3. The number of nitrogens with one attached hydrogen (secondary N) is 1. The number of piperazine rings is 1. The highest BCUT2D eigenvalue weighted by Gasteiger charge is 2.29. The first-order valence-electron chi connectivity index (χ1n) is 9.82. The third-order valence-corrected chi connectivity index (χ3v) is 4.94. The van der Waals surface area contributed by atoms with Crippen molar-refractivity contribution in [2.24, 2.45) is 5.92 Å². The third-order valence-electron chi connectivity index (χ3n) is 4.94. The zero-order valence-electron chi connectivity index (χ0n) is 17.3. The maximum Gasteiger partial charge on any atom is 0.254 e. The van der Waals surface area contributed by atoms with Gasteiger partial charge in [-0.15, -0.1) is 12.4 Å². The van der Waals surface area contributed by atoms with Crippen LogP contribution in [-0.2, 0) is 0 Å². The van der Waals surface area contributed by atoms with Gasteiger partial charge in [0.15, 0.2) is 11.5 Å². The summed E-state index contributed by atoms with van der Waals surface area (Å²) in [5, 5.41) is 3.37. The molecule has 1 aromatic carbocycles. The Labute approximate surface area is 179 Å². The van der Waals surface area contributed by atoms with Crippen molar-refractivity contribution in [3.8, 4) is 11.5 Å². The van der Waals surface area contributed by atoms with E-state index in [1.807, 2.05) is 35.4 Å². The quantitative estimate of drug-likeness (QED) is 0.740. The van der Waals surface area contributed by atoms with E-state index in [0.717, 1.165) is 18.5 Å². The van der Waals surface area contributed by atoms with Crippen molar-refractivity contribution >= 4 is 18.3 Å². The van der Waals surface area contributed by atoms with E-state index in [9.17, 15) is 4.79 Å². The summed E-state index contributed by atoms with van der Waals surface area (Å²) in [6.07, 6.45) is 4.54. The predicted octanol–water partition coefficient (Wildman–Crippen LogP) is 3.72. The molecule has 1 atom stereocenters. The van der Waals surface area contributed by atoms with Crippen LogP contribution in [-0.4, -0.2) is 49.1 Å². The van der Waals surface area contributed by atoms with Gasteiger partial charge < -0.3 is 19.7 Å². The van der Waals surface area contributed by atoms with E-state index in [4.69, 9.17) is 9.47 Å². The number of methoxy groups -OCH3 is 1. The van der Waals surface area contributed by atoms with E-state index in [2.05, 4.69) is 24.1 Å². The molecule has 1 fully saturated rings. The van der Waals surface area contributed by atoms with Crippen LogP contribution in [0.15, 0.2) is 42.7 Å². The Kier molecular flexibility index (Phi) is 8.73. The van der Waals surface area contributed by atoms with Crippen molar-refractivity contribution in [2.75, 3.05) is 33.4 Å². The number of pyridine rings is 1. The van der Waals surface area contributed by atoms with Crippen LogP contribution < -0.4 is 14.8 Å². The van der Waals surface area contributed by atoms with Crippen molar-refractivity contribution in [1.82, 2.24) is 15.2 Å². The van der Waals surface area contributed by atoms with Crippen LogP contribution in [0.4, 0.5) is 0 Å². The molecule has 3 rings (SSSR count). The summed E-state index contributed by atoms with van der Waals surface area (Å²) in [5.41, 5.74) is 1.63. The average molecular weight is 420 g/mol. The summed E-state index contributed by atoms with van der Waals surface area (Å²) in [5.74, 6) is 1.82. The van der Waals surface area contributed by atoms with Crippen LogP contribution in [0.1, 0.15) is 42.2 Å². The molecule has 0 radical (unpaired) electrons. The molecule has 2 aromatic rings. The largest absolute Gasteiger partial charge is 0.493 e. The smallest absolute Gasteiger partial charge is 0.254 e. The van der Waals surface area contributed by atoms with Crippen molar-refractivity contribution in [1.29, 1.82) is 0 Å². The molecule has 1 aliphatic rings. The maximum absolute atomic E-state index is 13.2. The number of aromatic nitrogens is 1. The SMILES string of the molecule is COc1cc(C(=O)N2CCNCC2c2cccnc2)ccc1OCCC(C)C.Cl. The van der Waals surface area contributed by atoms with Gasteiger partial charge in [-0.1, -0.05) is 19.9 Å². The van der Waals surface area contributed by atoms with Crippen LogP contribution >= 0.6 is 12.4 Å². The lowest BCUT2D eigenvalue weighted by molar-refractivity contribution is 0.0633. The van der Waals surface area contributed by atoms with E-state index >= 15 is 0 Å². The Morgan fingerprint density at radius 1 is 1.31 bits per heavy atom. The summed E-state index contributed by atoms with van der Waals surface area (Å²) < 4.78 is 11.3. The zero-order valence-corrected chi connectivity index (χ0v) is 18.1. The molecular weight excluding hydrogens is 390 g/mol. The Morgan fingerprint density at radius 2 is 2.14 bits per heavy atom. The standard InChI is InChI=1S/C22H29N3O3.ClH/c1-16(2)8-12-28-20-7-6-17(13-21(20)27-3)22(26)25-11-10-24-15-19(25)18-5-4-9-23-14-18;/h4-7,9,13-14,16,19,24H,8,10-12,15H2,1-3H3;1H. The molecule has 158 valence electrons. The van der Waals surface area contributed by atoms with Crippen LogP contribution in [0, 0.1) is 5.92 Å². The summed E-state index contributed by atoms with van der Waals surface area (Å²) in [4.78, 5) is 19.4. The molecule has 1 N–H and O–H groups in total. The van der Waals surface area contributed by atoms with Gasteiger partial charge in [-0.25, -0.2) is 0 Å². The Balaban J connectivity index is 0.00000300. The predicted molar refractivity (Wildman–Crippen MR) is 116 cm³/mol. The summed E-state index contributed by atoms with van der Waals surface area (Å²) in [6, 6.07) is 9.29. The number of ether oxygens (including phenoxy) is 2. The molecule has 1 amide bonds. The fourth-order valence-electron chi connectivity index (χ4n) is 3.31. The van der Waals surface area contributed by atoms with E-state index < -0.39 is 0 Å². The van der Waals surface area contributed by atoms with Gasteiger partial charge in [0.2, 0.25) is 0 Å². The number of benzene rings is 1. The van der Waals surface area contributed by atoms with Gasteiger partial charge in [0, 0.05) is 37.6 Å². The molecule has 0 saturated carbocycles. The topological polar surface area (TPSA) is 63.7 Å². The van der Waals surface area contributed by atoms with Crippen molar-refractivity contribution < 1.29 is 14.3 Å². The lowest BCUT2D eigenvalue weighted by atomic mass is 10.0. The van der Waals surface area contributed by atoms with Gasteiger partial charge >= 0.3 is 0 Å². The summed E-state index contributed by atoms with van der Waals surface area (Å²) in [7, 11) is 1.60. The second-order valence-corrected chi connectivity index (χ2v) is 7.40. The minimum absolute atomic E-state index is 0. The van der Waals surface area contributed by atoms with Crippen molar-refractivity contribution in [2.45, 2.75) is 26.3 Å². The highest BCUT2D eigenvalue weighted by molar-refractivity contribution is 5.95. The van der Waals surface area contributed by atoms with Gasteiger partial charge in [0.1, 0.15) is 0 Å². The van der Waals surface area contributed by atoms with Gasteiger partial charge in [0.25, 0.3) is 5.91 Å². The van der Waals surface area contributed by atoms with Crippen molar-refractivity contribution in [3.63, 3.8) is 0 Å². The van der Waals surface area contributed by atoms with Crippen LogP contribution in [0.3, 0.4) is 0 Å². The molecule has 1 aliphatic heterocycles. The normalized spacial score (nSPS) is 16.3. The summed E-state index contributed by atoms with van der Waals surface area (Å²) >= 11 is 0. The molecule has 0 spiro atoms. The van der Waals surface area contributed by atoms with Gasteiger partial charge in [-0.2, -0.15) is 0 Å². The van der Waals surface area contributed by atoms with E-state index in [-0.39, 0.29) is 24.4 Å². The highest BCUT2D eigenvalue weighted by atomic mass is 35.5. The number of carbonyl (C=O) groups excluding carboxylic acids is 1. The van der Waals surface area contributed by atoms with E-state index in [1.165, 1.54) is 0 Å². The molecule has 1 aromatic heterocycles. The first-order valence-corrected chi connectivity index (χ1v) is 9.82. The minimum atomic E-state index is -0.0390. The van der Waals surface area contributed by atoms with E-state index in [0.29, 0.717) is 42.7 Å².